The monoisotopic (exact) mass is 1320 g/mol. The van der Waals surface area contributed by atoms with Crippen LogP contribution in [0.1, 0.15) is 357 Å². The van der Waals surface area contributed by atoms with Crippen LogP contribution in [0.25, 0.3) is 0 Å². The average molecular weight is 1330 g/mol. The highest BCUT2D eigenvalue weighted by molar-refractivity contribution is 7.47. The maximum Gasteiger partial charge on any atom is 0.472 e. The Bertz CT molecular complexity index is 1770. The first-order chi connectivity index (χ1) is 43.2. The van der Waals surface area contributed by atoms with E-state index in [0.29, 0.717) is 25.7 Å². The van der Waals surface area contributed by atoms with E-state index in [1.54, 1.807) is 0 Å². The highest BCUT2D eigenvalue weighted by Gasteiger charge is 2.30. The van der Waals surface area contributed by atoms with Crippen molar-refractivity contribution in [1.82, 2.24) is 0 Å². The van der Waals surface area contributed by atoms with Crippen LogP contribution >= 0.6 is 15.6 Å². The lowest BCUT2D eigenvalue weighted by Crippen LogP contribution is -2.30. The zero-order valence-electron chi connectivity index (χ0n) is 58.6. The largest absolute Gasteiger partial charge is 0.472 e. The van der Waals surface area contributed by atoms with Crippen LogP contribution in [0.5, 0.6) is 0 Å². The van der Waals surface area contributed by atoms with Crippen LogP contribution in [0.4, 0.5) is 0 Å². The molecule has 0 radical (unpaired) electrons. The van der Waals surface area contributed by atoms with Gasteiger partial charge in [-0.05, 0) is 43.4 Å². The predicted octanol–water partition coefficient (Wildman–Crippen LogP) is 20.2. The summed E-state index contributed by atoms with van der Waals surface area (Å²) in [4.78, 5) is 72.6. The molecule has 0 saturated carbocycles. The van der Waals surface area contributed by atoms with Gasteiger partial charge in [0.15, 0.2) is 12.2 Å². The van der Waals surface area contributed by atoms with Gasteiger partial charge in [0.1, 0.15) is 19.3 Å². The molecule has 17 nitrogen and oxygen atoms in total. The van der Waals surface area contributed by atoms with Crippen molar-refractivity contribution in [2.45, 2.75) is 375 Å². The third-order valence-electron chi connectivity index (χ3n) is 16.4. The highest BCUT2D eigenvalue weighted by Crippen LogP contribution is 2.45. The molecule has 2 unspecified atom stereocenters. The quantitative estimate of drug-likeness (QED) is 0.0222. The normalized spacial score (nSPS) is 14.2. The summed E-state index contributed by atoms with van der Waals surface area (Å²) in [5.74, 6) is 0.148. The zero-order chi connectivity index (χ0) is 66.6. The minimum absolute atomic E-state index is 0.105. The van der Waals surface area contributed by atoms with Gasteiger partial charge in [-0.25, -0.2) is 9.13 Å². The summed E-state index contributed by atoms with van der Waals surface area (Å²) < 4.78 is 68.3. The van der Waals surface area contributed by atoms with Crippen molar-refractivity contribution < 1.29 is 80.2 Å². The van der Waals surface area contributed by atoms with E-state index < -0.39 is 97.5 Å². The summed E-state index contributed by atoms with van der Waals surface area (Å²) in [5.41, 5.74) is 0. The number of phosphoric ester groups is 2. The molecule has 0 aliphatic rings. The van der Waals surface area contributed by atoms with E-state index in [2.05, 4.69) is 48.5 Å². The Morgan fingerprint density at radius 2 is 0.511 bits per heavy atom. The lowest BCUT2D eigenvalue weighted by Gasteiger charge is -2.21. The van der Waals surface area contributed by atoms with Gasteiger partial charge in [0.2, 0.25) is 0 Å². The summed E-state index contributed by atoms with van der Waals surface area (Å²) in [6, 6.07) is 0. The highest BCUT2D eigenvalue weighted by atomic mass is 31.2. The fourth-order valence-electron chi connectivity index (χ4n) is 10.7. The smallest absolute Gasteiger partial charge is 0.462 e. The fourth-order valence-corrected chi connectivity index (χ4v) is 12.3. The van der Waals surface area contributed by atoms with E-state index in [4.69, 9.17) is 37.0 Å². The number of ether oxygens (including phenoxy) is 4. The molecule has 3 N–H and O–H groups in total. The summed E-state index contributed by atoms with van der Waals surface area (Å²) in [5, 5.41) is 10.6. The van der Waals surface area contributed by atoms with Gasteiger partial charge in [-0.3, -0.25) is 37.3 Å². The molecule has 0 aliphatic carbocycles. The maximum absolute atomic E-state index is 13.0. The molecule has 0 aromatic carbocycles. The number of unbranched alkanes of at least 4 members (excludes halogenated alkanes) is 37. The van der Waals surface area contributed by atoms with Crippen LogP contribution in [-0.2, 0) is 65.4 Å². The number of esters is 4. The third kappa shape index (κ3) is 64.8. The second-order valence-electron chi connectivity index (χ2n) is 27.1. The number of aliphatic hydroxyl groups excluding tert-OH is 1. The van der Waals surface area contributed by atoms with E-state index in [9.17, 15) is 43.2 Å². The van der Waals surface area contributed by atoms with Gasteiger partial charge in [0.25, 0.3) is 0 Å². The van der Waals surface area contributed by atoms with Crippen molar-refractivity contribution >= 4 is 39.5 Å². The first kappa shape index (κ1) is 88.1. The minimum Gasteiger partial charge on any atom is -0.462 e. The molecule has 0 amide bonds. The SMILES string of the molecule is CCCCCCCCCCCCC(=O)OC[C@H](COP(=O)(O)OC[C@H](O)COP(=O)(O)OC[C@@H](COC(=O)CCCCCCCCCCCCCC(C)C)OC(=O)CCCCCCCCCCCCCC(C)C)OC(=O)CCCCCCCCCCCC(C)C. The van der Waals surface area contributed by atoms with Gasteiger partial charge in [0.05, 0.1) is 26.4 Å². The van der Waals surface area contributed by atoms with Crippen LogP contribution in [0.2, 0.25) is 0 Å². The van der Waals surface area contributed by atoms with E-state index in [1.807, 2.05) is 0 Å². The number of carbonyl (C=O) groups excluding carboxylic acids is 4. The molecule has 0 saturated heterocycles. The number of carbonyl (C=O) groups is 4. The van der Waals surface area contributed by atoms with Gasteiger partial charge >= 0.3 is 39.5 Å². The molecule has 0 aromatic rings. The van der Waals surface area contributed by atoms with Gasteiger partial charge in [0, 0.05) is 25.7 Å². The van der Waals surface area contributed by atoms with Crippen molar-refractivity contribution in [2.24, 2.45) is 17.8 Å². The van der Waals surface area contributed by atoms with E-state index >= 15 is 0 Å². The molecule has 0 fully saturated rings. The average Bonchev–Trinajstić information content (AvgIpc) is 3.34. The van der Waals surface area contributed by atoms with Gasteiger partial charge in [-0.15, -0.1) is 0 Å². The van der Waals surface area contributed by atoms with Crippen molar-refractivity contribution in [3.8, 4) is 0 Å². The van der Waals surface area contributed by atoms with E-state index in [0.717, 1.165) is 108 Å². The van der Waals surface area contributed by atoms with Crippen LogP contribution in [0.15, 0.2) is 0 Å². The number of hydrogen-bond donors (Lipinski definition) is 3. The van der Waals surface area contributed by atoms with E-state index in [1.165, 1.54) is 167 Å². The molecule has 0 spiro atoms. The van der Waals surface area contributed by atoms with E-state index in [-0.39, 0.29) is 25.7 Å². The molecule has 0 bridgehead atoms. The van der Waals surface area contributed by atoms with Crippen LogP contribution < -0.4 is 0 Å². The number of rotatable bonds is 69. The molecular formula is C71H138O17P2. The molecule has 0 aliphatic heterocycles. The van der Waals surface area contributed by atoms with Crippen LogP contribution in [-0.4, -0.2) is 96.7 Å². The zero-order valence-corrected chi connectivity index (χ0v) is 60.4. The third-order valence-corrected chi connectivity index (χ3v) is 18.3. The first-order valence-corrected chi connectivity index (χ1v) is 39.8. The lowest BCUT2D eigenvalue weighted by molar-refractivity contribution is -0.161. The number of phosphoric acid groups is 2. The Labute approximate surface area is 549 Å². The van der Waals surface area contributed by atoms with Crippen molar-refractivity contribution in [2.75, 3.05) is 39.6 Å². The summed E-state index contributed by atoms with van der Waals surface area (Å²) >= 11 is 0. The Hall–Kier alpha value is -1.94. The Morgan fingerprint density at radius 1 is 0.300 bits per heavy atom. The second-order valence-corrected chi connectivity index (χ2v) is 30.0. The van der Waals surface area contributed by atoms with Crippen LogP contribution in [0.3, 0.4) is 0 Å². The van der Waals surface area contributed by atoms with Crippen molar-refractivity contribution in [3.63, 3.8) is 0 Å². The Kier molecular flexibility index (Phi) is 60.6. The summed E-state index contributed by atoms with van der Waals surface area (Å²) in [6.07, 6.45) is 45.7. The summed E-state index contributed by atoms with van der Waals surface area (Å²) in [6.45, 7) is 11.8. The molecule has 0 heterocycles. The molecule has 0 rings (SSSR count). The Morgan fingerprint density at radius 3 is 0.756 bits per heavy atom. The summed E-state index contributed by atoms with van der Waals surface area (Å²) in [7, 11) is -9.90. The van der Waals surface area contributed by atoms with Crippen LogP contribution in [0, 0.1) is 17.8 Å². The lowest BCUT2D eigenvalue weighted by atomic mass is 10.0. The van der Waals surface area contributed by atoms with Gasteiger partial charge in [-0.2, -0.15) is 0 Å². The first-order valence-electron chi connectivity index (χ1n) is 36.8. The molecule has 5 atom stereocenters. The van der Waals surface area contributed by atoms with Gasteiger partial charge in [-0.1, -0.05) is 305 Å². The minimum atomic E-state index is -4.95. The van der Waals surface area contributed by atoms with Gasteiger partial charge < -0.3 is 33.8 Å². The van der Waals surface area contributed by atoms with Crippen molar-refractivity contribution in [3.05, 3.63) is 0 Å². The topological polar surface area (TPSA) is 237 Å². The molecule has 534 valence electrons. The molecule has 19 heteroatoms. The second kappa shape index (κ2) is 61.9. The molecule has 0 aromatic heterocycles. The standard InChI is InChI=1S/C71H138O17P2/c1-8-9-10-11-12-13-24-31-38-45-52-68(73)81-58-67(88-71(76)55-48-41-34-27-20-23-30-37-44-51-64(6)7)61-86-90(79,80)84-57-65(72)56-83-89(77,78)85-60-66(87-70(75)54-47-40-33-26-19-15-17-22-29-36-43-50-63(4)5)59-82-69(74)53-46-39-32-25-18-14-16-21-28-35-42-49-62(2)3/h62-67,72H,8-61H2,1-7H3,(H,77,78)(H,79,80)/t65-,66-,67-/m1/s1. The predicted molar refractivity (Wildman–Crippen MR) is 363 cm³/mol. The number of hydrogen-bond acceptors (Lipinski definition) is 15. The molecular weight excluding hydrogens is 1190 g/mol. The molecule has 90 heavy (non-hydrogen) atoms. The van der Waals surface area contributed by atoms with Crippen molar-refractivity contribution in [1.29, 1.82) is 0 Å². The maximum atomic E-state index is 13.0. The Balaban J connectivity index is 5.26. The fraction of sp³-hybridized carbons (Fsp3) is 0.944. The number of aliphatic hydroxyl groups is 1.